The van der Waals surface area contributed by atoms with Crippen molar-refractivity contribution < 1.29 is 4.42 Å². The van der Waals surface area contributed by atoms with Crippen LogP contribution in [-0.2, 0) is 26.4 Å². The Balaban J connectivity index is 0.00000280. The standard InChI is InChI=1S/C19H24ClN5OS.HI/c1-24(14-18-23-13-17(20)25(18)2)19(21-9-7-15-5-3-11-26-15)22-10-8-16-6-4-12-27-16;/h3-6,11-13H,7-10,14H2,1-2H3,(H,21,22);1H. The second-order valence-electron chi connectivity index (χ2n) is 6.20. The van der Waals surface area contributed by atoms with Gasteiger partial charge in [0.25, 0.3) is 0 Å². The van der Waals surface area contributed by atoms with Crippen molar-refractivity contribution in [2.75, 3.05) is 20.1 Å². The van der Waals surface area contributed by atoms with Crippen molar-refractivity contribution in [1.29, 1.82) is 0 Å². The van der Waals surface area contributed by atoms with Crippen molar-refractivity contribution in [2.45, 2.75) is 19.4 Å². The van der Waals surface area contributed by atoms with Crippen LogP contribution in [0, 0.1) is 0 Å². The van der Waals surface area contributed by atoms with E-state index in [2.05, 4.69) is 32.7 Å². The fraction of sp³-hybridized carbons (Fsp3) is 0.368. The molecule has 3 aromatic rings. The number of hydrogen-bond donors (Lipinski definition) is 1. The molecule has 152 valence electrons. The molecule has 0 saturated heterocycles. The van der Waals surface area contributed by atoms with E-state index < -0.39 is 0 Å². The van der Waals surface area contributed by atoms with E-state index in [0.717, 1.165) is 43.5 Å². The largest absolute Gasteiger partial charge is 0.469 e. The Labute approximate surface area is 191 Å². The fourth-order valence-electron chi connectivity index (χ4n) is 2.65. The van der Waals surface area contributed by atoms with Crippen LogP contribution in [0.2, 0.25) is 5.15 Å². The number of aromatic nitrogens is 2. The Morgan fingerprint density at radius 1 is 1.36 bits per heavy atom. The maximum Gasteiger partial charge on any atom is 0.194 e. The minimum atomic E-state index is 0. The highest BCUT2D eigenvalue weighted by Gasteiger charge is 2.12. The number of aliphatic imine (C=N–C) groups is 1. The molecule has 0 bridgehead atoms. The predicted octanol–water partition coefficient (Wildman–Crippen LogP) is 4.21. The second kappa shape index (κ2) is 11.5. The molecule has 0 fully saturated rings. The van der Waals surface area contributed by atoms with E-state index in [0.29, 0.717) is 11.7 Å². The van der Waals surface area contributed by atoms with Crippen LogP contribution in [-0.4, -0.2) is 40.5 Å². The van der Waals surface area contributed by atoms with E-state index in [9.17, 15) is 0 Å². The average Bonchev–Trinajstić information content (AvgIpc) is 3.41. The molecule has 0 saturated carbocycles. The molecule has 3 aromatic heterocycles. The third-order valence-corrected chi connectivity index (χ3v) is 5.49. The lowest BCUT2D eigenvalue weighted by molar-refractivity contribution is 0.449. The van der Waals surface area contributed by atoms with Gasteiger partial charge in [0, 0.05) is 44.9 Å². The first-order valence-electron chi connectivity index (χ1n) is 8.84. The smallest absolute Gasteiger partial charge is 0.194 e. The maximum absolute atomic E-state index is 6.10. The molecule has 0 unspecified atom stereocenters. The Morgan fingerprint density at radius 3 is 2.86 bits per heavy atom. The quantitative estimate of drug-likeness (QED) is 0.268. The second-order valence-corrected chi connectivity index (χ2v) is 7.62. The maximum atomic E-state index is 6.10. The Bertz CT molecular complexity index is 848. The van der Waals surface area contributed by atoms with Gasteiger partial charge in [-0.2, -0.15) is 0 Å². The van der Waals surface area contributed by atoms with Gasteiger partial charge in [-0.25, -0.2) is 4.98 Å². The first kappa shape index (κ1) is 22.8. The molecule has 0 aliphatic rings. The van der Waals surface area contributed by atoms with Crippen LogP contribution in [0.1, 0.15) is 16.5 Å². The van der Waals surface area contributed by atoms with Gasteiger partial charge in [-0.3, -0.25) is 4.99 Å². The Morgan fingerprint density at radius 2 is 2.21 bits per heavy atom. The summed E-state index contributed by atoms with van der Waals surface area (Å²) in [6, 6.07) is 8.10. The lowest BCUT2D eigenvalue weighted by Crippen LogP contribution is -2.40. The number of nitrogens with zero attached hydrogens (tertiary/aromatic N) is 4. The van der Waals surface area contributed by atoms with Crippen LogP contribution in [0.4, 0.5) is 0 Å². The molecular weight excluding hydrogens is 509 g/mol. The minimum Gasteiger partial charge on any atom is -0.469 e. The van der Waals surface area contributed by atoms with Gasteiger partial charge in [-0.05, 0) is 23.6 Å². The van der Waals surface area contributed by atoms with Crippen LogP contribution >= 0.6 is 46.9 Å². The molecular formula is C19H25ClIN5OS. The highest BCUT2D eigenvalue weighted by Crippen LogP contribution is 2.11. The molecule has 6 nitrogen and oxygen atoms in total. The van der Waals surface area contributed by atoms with E-state index in [1.807, 2.05) is 30.8 Å². The van der Waals surface area contributed by atoms with E-state index >= 15 is 0 Å². The van der Waals surface area contributed by atoms with Crippen LogP contribution < -0.4 is 5.32 Å². The van der Waals surface area contributed by atoms with E-state index in [1.54, 1.807) is 23.8 Å². The van der Waals surface area contributed by atoms with Gasteiger partial charge in [-0.1, -0.05) is 17.7 Å². The summed E-state index contributed by atoms with van der Waals surface area (Å²) in [5.41, 5.74) is 0. The zero-order valence-corrected chi connectivity index (χ0v) is 19.9. The number of thiophene rings is 1. The monoisotopic (exact) mass is 533 g/mol. The molecule has 1 N–H and O–H groups in total. The van der Waals surface area contributed by atoms with Gasteiger partial charge >= 0.3 is 0 Å². The third kappa shape index (κ3) is 6.52. The van der Waals surface area contributed by atoms with Crippen LogP contribution in [0.3, 0.4) is 0 Å². The number of guanidine groups is 1. The number of nitrogens with one attached hydrogen (secondary N) is 1. The zero-order valence-electron chi connectivity index (χ0n) is 16.0. The summed E-state index contributed by atoms with van der Waals surface area (Å²) in [7, 11) is 3.92. The molecule has 3 rings (SSSR count). The zero-order chi connectivity index (χ0) is 19.1. The summed E-state index contributed by atoms with van der Waals surface area (Å²) >= 11 is 7.86. The lowest BCUT2D eigenvalue weighted by atomic mass is 10.3. The van der Waals surface area contributed by atoms with Gasteiger partial charge in [-0.15, -0.1) is 35.3 Å². The molecule has 28 heavy (non-hydrogen) atoms. The van der Waals surface area contributed by atoms with Gasteiger partial charge < -0.3 is 19.2 Å². The number of furan rings is 1. The van der Waals surface area contributed by atoms with E-state index in [4.69, 9.17) is 21.0 Å². The average molecular weight is 534 g/mol. The summed E-state index contributed by atoms with van der Waals surface area (Å²) in [5.74, 6) is 2.69. The van der Waals surface area contributed by atoms with Crippen LogP contribution in [0.25, 0.3) is 0 Å². The first-order valence-corrected chi connectivity index (χ1v) is 10.1. The first-order chi connectivity index (χ1) is 13.1. The summed E-state index contributed by atoms with van der Waals surface area (Å²) in [5, 5.41) is 6.15. The molecule has 3 heterocycles. The van der Waals surface area contributed by atoms with Gasteiger partial charge in [0.2, 0.25) is 0 Å². The Hall–Kier alpha value is -1.52. The summed E-state index contributed by atoms with van der Waals surface area (Å²) < 4.78 is 7.28. The van der Waals surface area contributed by atoms with Crippen molar-refractivity contribution in [3.05, 3.63) is 63.7 Å². The van der Waals surface area contributed by atoms with E-state index in [-0.39, 0.29) is 24.0 Å². The summed E-state index contributed by atoms with van der Waals surface area (Å²) in [6.07, 6.45) is 5.10. The summed E-state index contributed by atoms with van der Waals surface area (Å²) in [4.78, 5) is 12.6. The van der Waals surface area contributed by atoms with Crippen molar-refractivity contribution >= 4 is 52.9 Å². The molecule has 0 aliphatic heterocycles. The molecule has 9 heteroatoms. The normalized spacial score (nSPS) is 11.3. The highest BCUT2D eigenvalue weighted by atomic mass is 127. The van der Waals surface area contributed by atoms with Gasteiger partial charge in [0.05, 0.1) is 19.0 Å². The minimum absolute atomic E-state index is 0. The SMILES string of the molecule is CN(Cc1ncc(Cl)n1C)C(=NCCc1cccs1)NCCc1ccco1.I. The van der Waals surface area contributed by atoms with Crippen molar-refractivity contribution in [3.63, 3.8) is 0 Å². The molecule has 0 spiro atoms. The van der Waals surface area contributed by atoms with Gasteiger partial charge in [0.1, 0.15) is 16.7 Å². The number of halogens is 2. The Kier molecular flexibility index (Phi) is 9.33. The molecule has 0 radical (unpaired) electrons. The number of hydrogen-bond acceptors (Lipinski definition) is 4. The molecule has 0 atom stereocenters. The fourth-order valence-corrected chi connectivity index (χ4v) is 3.49. The topological polar surface area (TPSA) is 58.6 Å². The summed E-state index contributed by atoms with van der Waals surface area (Å²) in [6.45, 7) is 2.10. The number of imidazole rings is 1. The van der Waals surface area contributed by atoms with Crippen molar-refractivity contribution in [2.24, 2.45) is 12.0 Å². The van der Waals surface area contributed by atoms with E-state index in [1.165, 1.54) is 4.88 Å². The number of rotatable bonds is 8. The molecule has 0 aliphatic carbocycles. The van der Waals surface area contributed by atoms with Crippen LogP contribution in [0.5, 0.6) is 0 Å². The van der Waals surface area contributed by atoms with Crippen molar-refractivity contribution in [3.8, 4) is 0 Å². The predicted molar refractivity (Wildman–Crippen MR) is 126 cm³/mol. The lowest BCUT2D eigenvalue weighted by Gasteiger charge is -2.22. The van der Waals surface area contributed by atoms with Gasteiger partial charge in [0.15, 0.2) is 5.96 Å². The molecule has 0 aromatic carbocycles. The van der Waals surface area contributed by atoms with Crippen LogP contribution in [0.15, 0.2) is 51.5 Å². The van der Waals surface area contributed by atoms with Crippen molar-refractivity contribution in [1.82, 2.24) is 19.8 Å². The molecule has 0 amide bonds. The highest BCUT2D eigenvalue weighted by molar-refractivity contribution is 14.0. The third-order valence-electron chi connectivity index (χ3n) is 4.20.